The highest BCUT2D eigenvalue weighted by Gasteiger charge is 2.19. The molecule has 0 aromatic heterocycles. The molecule has 112 valence electrons. The average molecular weight is 338 g/mol. The largest absolute Gasteiger partial charge is 0.352 e. The zero-order chi connectivity index (χ0) is 15.3. The Morgan fingerprint density at radius 1 is 1.30 bits per heavy atom. The maximum Gasteiger partial charge on any atom is 0.262 e. The van der Waals surface area contributed by atoms with Gasteiger partial charge in [0, 0.05) is 22.8 Å². The molecule has 0 spiro atoms. The number of carbonyl (C=O) groups excluding carboxylic acids is 1. The molecule has 1 aromatic rings. The molecular formula is C13H17Cl2NO3S. The summed E-state index contributed by atoms with van der Waals surface area (Å²) in [5.41, 5.74) is 0.731. The van der Waals surface area contributed by atoms with Gasteiger partial charge in [-0.05, 0) is 31.0 Å². The number of nitrogens with one attached hydrogen (secondary N) is 1. The molecule has 0 aliphatic heterocycles. The first-order chi connectivity index (χ1) is 9.27. The smallest absolute Gasteiger partial charge is 0.262 e. The van der Waals surface area contributed by atoms with Gasteiger partial charge in [0.2, 0.25) is 0 Å². The number of unbranched alkanes of at least 4 members (excludes halogenated alkanes) is 2. The minimum atomic E-state index is -3.98. The Morgan fingerprint density at radius 3 is 2.50 bits per heavy atom. The van der Waals surface area contributed by atoms with Crippen molar-refractivity contribution in [3.8, 4) is 0 Å². The van der Waals surface area contributed by atoms with E-state index in [4.69, 9.17) is 22.3 Å². The van der Waals surface area contributed by atoms with E-state index in [2.05, 4.69) is 12.2 Å². The van der Waals surface area contributed by atoms with Crippen LogP contribution in [-0.2, 0) is 9.05 Å². The van der Waals surface area contributed by atoms with Gasteiger partial charge in [-0.2, -0.15) is 0 Å². The molecule has 0 heterocycles. The molecule has 0 saturated carbocycles. The third-order valence-corrected chi connectivity index (χ3v) is 4.77. The molecule has 20 heavy (non-hydrogen) atoms. The molecule has 1 rings (SSSR count). The number of amides is 1. The first-order valence-corrected chi connectivity index (χ1v) is 8.99. The van der Waals surface area contributed by atoms with E-state index in [1.165, 1.54) is 6.07 Å². The number of carbonyl (C=O) groups is 1. The molecule has 1 N–H and O–H groups in total. The number of aryl methyl sites for hydroxylation is 1. The van der Waals surface area contributed by atoms with E-state index in [-0.39, 0.29) is 21.4 Å². The molecular weight excluding hydrogens is 321 g/mol. The van der Waals surface area contributed by atoms with Crippen LogP contribution in [-0.4, -0.2) is 20.9 Å². The van der Waals surface area contributed by atoms with Crippen LogP contribution in [0, 0.1) is 6.92 Å². The van der Waals surface area contributed by atoms with Crippen molar-refractivity contribution in [3.63, 3.8) is 0 Å². The van der Waals surface area contributed by atoms with Crippen molar-refractivity contribution in [1.29, 1.82) is 0 Å². The fraction of sp³-hybridized carbons (Fsp3) is 0.462. The fourth-order valence-corrected chi connectivity index (χ4v) is 3.26. The highest BCUT2D eigenvalue weighted by Crippen LogP contribution is 2.29. The number of rotatable bonds is 6. The maximum absolute atomic E-state index is 12.0. The summed E-state index contributed by atoms with van der Waals surface area (Å²) in [4.78, 5) is 11.7. The predicted octanol–water partition coefficient (Wildman–Crippen LogP) is 3.50. The van der Waals surface area contributed by atoms with Crippen LogP contribution >= 0.6 is 22.3 Å². The van der Waals surface area contributed by atoms with Crippen molar-refractivity contribution in [2.75, 3.05) is 6.54 Å². The normalized spacial score (nSPS) is 11.4. The second kappa shape index (κ2) is 7.29. The van der Waals surface area contributed by atoms with Crippen molar-refractivity contribution in [1.82, 2.24) is 5.32 Å². The summed E-state index contributed by atoms with van der Waals surface area (Å²) in [6, 6.07) is 2.75. The Morgan fingerprint density at radius 2 is 1.95 bits per heavy atom. The van der Waals surface area contributed by atoms with Crippen molar-refractivity contribution in [2.45, 2.75) is 38.0 Å². The molecule has 4 nitrogen and oxygen atoms in total. The van der Waals surface area contributed by atoms with Crippen LogP contribution in [0.25, 0.3) is 0 Å². The van der Waals surface area contributed by atoms with Gasteiger partial charge in [0.15, 0.2) is 0 Å². The molecule has 1 amide bonds. The topological polar surface area (TPSA) is 63.2 Å². The van der Waals surface area contributed by atoms with E-state index in [0.29, 0.717) is 12.1 Å². The fourth-order valence-electron chi connectivity index (χ4n) is 1.72. The summed E-state index contributed by atoms with van der Waals surface area (Å²) in [6.45, 7) is 4.25. The maximum atomic E-state index is 12.0. The van der Waals surface area contributed by atoms with Crippen molar-refractivity contribution in [3.05, 3.63) is 28.3 Å². The molecule has 7 heteroatoms. The number of halogens is 2. The highest BCUT2D eigenvalue weighted by molar-refractivity contribution is 8.13. The van der Waals surface area contributed by atoms with Gasteiger partial charge >= 0.3 is 0 Å². The van der Waals surface area contributed by atoms with Gasteiger partial charge in [0.1, 0.15) is 4.90 Å². The lowest BCUT2D eigenvalue weighted by atomic mass is 10.1. The monoisotopic (exact) mass is 337 g/mol. The summed E-state index contributed by atoms with van der Waals surface area (Å²) in [6.07, 6.45) is 2.97. The van der Waals surface area contributed by atoms with Gasteiger partial charge in [-0.3, -0.25) is 4.79 Å². The minimum Gasteiger partial charge on any atom is -0.352 e. The molecule has 0 unspecified atom stereocenters. The highest BCUT2D eigenvalue weighted by atomic mass is 35.7. The first-order valence-electron chi connectivity index (χ1n) is 6.30. The van der Waals surface area contributed by atoms with E-state index >= 15 is 0 Å². The van der Waals surface area contributed by atoms with E-state index in [1.807, 2.05) is 0 Å². The van der Waals surface area contributed by atoms with Gasteiger partial charge in [-0.15, -0.1) is 0 Å². The standard InChI is InChI=1S/C13H17Cl2NO3S/c1-3-4-5-6-16-13(17)10-7-9(2)12(14)11(8-10)20(15,18)19/h7-8H,3-6H2,1-2H3,(H,16,17). The van der Waals surface area contributed by atoms with Crippen LogP contribution in [0.5, 0.6) is 0 Å². The second-order valence-corrected chi connectivity index (χ2v) is 7.42. The molecule has 0 aliphatic carbocycles. The van der Waals surface area contributed by atoms with E-state index < -0.39 is 9.05 Å². The second-order valence-electron chi connectivity index (χ2n) is 4.51. The Hall–Kier alpha value is -0.780. The molecule has 0 bridgehead atoms. The minimum absolute atomic E-state index is 0.0440. The number of hydrogen-bond donors (Lipinski definition) is 1. The predicted molar refractivity (Wildman–Crippen MR) is 81.1 cm³/mol. The average Bonchev–Trinajstić information content (AvgIpc) is 2.36. The molecule has 1 aromatic carbocycles. The van der Waals surface area contributed by atoms with Gasteiger partial charge < -0.3 is 5.32 Å². The van der Waals surface area contributed by atoms with Gasteiger partial charge in [-0.1, -0.05) is 31.4 Å². The Kier molecular flexibility index (Phi) is 6.30. The van der Waals surface area contributed by atoms with Crippen LogP contribution in [0.4, 0.5) is 0 Å². The van der Waals surface area contributed by atoms with Crippen molar-refractivity contribution >= 4 is 37.2 Å². The molecule has 0 radical (unpaired) electrons. The third-order valence-electron chi connectivity index (χ3n) is 2.81. The van der Waals surface area contributed by atoms with Crippen LogP contribution in [0.15, 0.2) is 17.0 Å². The lowest BCUT2D eigenvalue weighted by Gasteiger charge is -2.09. The van der Waals surface area contributed by atoms with Crippen molar-refractivity contribution < 1.29 is 13.2 Å². The Bertz CT molecular complexity index is 600. The summed E-state index contributed by atoms with van der Waals surface area (Å²) < 4.78 is 22.9. The molecule has 0 aliphatic rings. The van der Waals surface area contributed by atoms with Crippen LogP contribution in [0.3, 0.4) is 0 Å². The van der Waals surface area contributed by atoms with Crippen LogP contribution in [0.2, 0.25) is 5.02 Å². The third kappa shape index (κ3) is 4.65. The molecule has 0 saturated heterocycles. The van der Waals surface area contributed by atoms with Crippen LogP contribution in [0.1, 0.15) is 42.1 Å². The first kappa shape index (κ1) is 17.3. The zero-order valence-electron chi connectivity index (χ0n) is 11.4. The number of benzene rings is 1. The zero-order valence-corrected chi connectivity index (χ0v) is 13.7. The summed E-state index contributed by atoms with van der Waals surface area (Å²) in [5, 5.41) is 2.78. The van der Waals surface area contributed by atoms with Gasteiger partial charge in [-0.25, -0.2) is 8.42 Å². The van der Waals surface area contributed by atoms with Crippen LogP contribution < -0.4 is 5.32 Å². The number of hydrogen-bond acceptors (Lipinski definition) is 3. The van der Waals surface area contributed by atoms with E-state index in [0.717, 1.165) is 19.3 Å². The SMILES string of the molecule is CCCCCNC(=O)c1cc(C)c(Cl)c(S(=O)(=O)Cl)c1. The lowest BCUT2D eigenvalue weighted by molar-refractivity contribution is 0.0952. The Balaban J connectivity index is 2.97. The van der Waals surface area contributed by atoms with E-state index in [9.17, 15) is 13.2 Å². The lowest BCUT2D eigenvalue weighted by Crippen LogP contribution is -2.24. The molecule has 0 fully saturated rings. The van der Waals surface area contributed by atoms with E-state index in [1.54, 1.807) is 13.0 Å². The quantitative estimate of drug-likeness (QED) is 0.638. The van der Waals surface area contributed by atoms with Gasteiger partial charge in [0.25, 0.3) is 15.0 Å². The van der Waals surface area contributed by atoms with Gasteiger partial charge in [0.05, 0.1) is 5.02 Å². The Labute approximate surface area is 128 Å². The summed E-state index contributed by atoms with van der Waals surface area (Å²) in [7, 11) is 1.33. The summed E-state index contributed by atoms with van der Waals surface area (Å²) in [5.74, 6) is -0.331. The van der Waals surface area contributed by atoms with Crippen molar-refractivity contribution in [2.24, 2.45) is 0 Å². The summed E-state index contributed by atoms with van der Waals surface area (Å²) >= 11 is 5.90. The molecule has 0 atom stereocenters.